The van der Waals surface area contributed by atoms with E-state index < -0.39 is 10.0 Å². The van der Waals surface area contributed by atoms with Crippen molar-refractivity contribution in [2.75, 3.05) is 0 Å². The third-order valence-electron chi connectivity index (χ3n) is 2.75. The topological polar surface area (TPSA) is 76.9 Å². The van der Waals surface area contributed by atoms with Crippen LogP contribution in [0.15, 0.2) is 28.7 Å². The fourth-order valence-electron chi connectivity index (χ4n) is 1.60. The summed E-state index contributed by atoms with van der Waals surface area (Å²) in [4.78, 5) is 1.47. The molecule has 0 bridgehead atoms. The van der Waals surface area contributed by atoms with Crippen LogP contribution in [0.4, 0.5) is 0 Å². The Kier molecular flexibility index (Phi) is 4.79. The van der Waals surface area contributed by atoms with Crippen molar-refractivity contribution in [1.82, 2.24) is 19.7 Å². The summed E-state index contributed by atoms with van der Waals surface area (Å²) in [7, 11) is -3.57. The highest BCUT2D eigenvalue weighted by atomic mass is 35.5. The SMILES string of the molecule is CC(C)C(Cn1nccn1)NS(=O)(=O)c1ccc(Cl)s1. The maximum absolute atomic E-state index is 12.3. The molecule has 1 atom stereocenters. The Labute approximate surface area is 126 Å². The lowest BCUT2D eigenvalue weighted by atomic mass is 10.1. The minimum atomic E-state index is -3.57. The number of nitrogens with one attached hydrogen (secondary N) is 1. The monoisotopic (exact) mass is 334 g/mol. The molecule has 6 nitrogen and oxygen atoms in total. The predicted molar refractivity (Wildman–Crippen MR) is 78.3 cm³/mol. The van der Waals surface area contributed by atoms with E-state index >= 15 is 0 Å². The molecule has 1 N–H and O–H groups in total. The first-order valence-electron chi connectivity index (χ1n) is 6.00. The van der Waals surface area contributed by atoms with Gasteiger partial charge < -0.3 is 0 Å². The fraction of sp³-hybridized carbons (Fsp3) is 0.455. The van der Waals surface area contributed by atoms with E-state index in [-0.39, 0.29) is 16.2 Å². The lowest BCUT2D eigenvalue weighted by Gasteiger charge is -2.21. The van der Waals surface area contributed by atoms with Crippen LogP contribution in [0.25, 0.3) is 0 Å². The summed E-state index contributed by atoms with van der Waals surface area (Å²) in [6, 6.07) is 2.77. The number of rotatable bonds is 6. The van der Waals surface area contributed by atoms with Crippen LogP contribution >= 0.6 is 22.9 Å². The number of aromatic nitrogens is 3. The van der Waals surface area contributed by atoms with Crippen LogP contribution in [0.2, 0.25) is 4.34 Å². The zero-order valence-corrected chi connectivity index (χ0v) is 13.4. The molecular formula is C11H15ClN4O2S2. The van der Waals surface area contributed by atoms with Crippen molar-refractivity contribution in [3.63, 3.8) is 0 Å². The summed E-state index contributed by atoms with van der Waals surface area (Å²) in [5.41, 5.74) is 0. The average molecular weight is 335 g/mol. The van der Waals surface area contributed by atoms with E-state index in [1.54, 1.807) is 18.5 Å². The van der Waals surface area contributed by atoms with Gasteiger partial charge in [-0.15, -0.1) is 11.3 Å². The van der Waals surface area contributed by atoms with Gasteiger partial charge in [-0.2, -0.15) is 15.0 Å². The number of hydrogen-bond acceptors (Lipinski definition) is 5. The Bertz CT molecular complexity index is 652. The molecular weight excluding hydrogens is 320 g/mol. The van der Waals surface area contributed by atoms with Gasteiger partial charge >= 0.3 is 0 Å². The van der Waals surface area contributed by atoms with Crippen LogP contribution < -0.4 is 4.72 Å². The zero-order chi connectivity index (χ0) is 14.8. The molecule has 2 heterocycles. The van der Waals surface area contributed by atoms with Crippen LogP contribution in [0.5, 0.6) is 0 Å². The van der Waals surface area contributed by atoms with Gasteiger partial charge in [0.15, 0.2) is 0 Å². The van der Waals surface area contributed by atoms with Gasteiger partial charge in [0.25, 0.3) is 0 Å². The molecule has 0 amide bonds. The van der Waals surface area contributed by atoms with Gasteiger partial charge in [0.2, 0.25) is 10.0 Å². The van der Waals surface area contributed by atoms with E-state index in [1.165, 1.54) is 10.9 Å². The molecule has 1 unspecified atom stereocenters. The van der Waals surface area contributed by atoms with Gasteiger partial charge in [-0.05, 0) is 18.1 Å². The van der Waals surface area contributed by atoms with Crippen molar-refractivity contribution in [2.45, 2.75) is 30.6 Å². The summed E-state index contributed by atoms with van der Waals surface area (Å²) in [6.45, 7) is 4.26. The van der Waals surface area contributed by atoms with Crippen molar-refractivity contribution < 1.29 is 8.42 Å². The number of sulfonamides is 1. The summed E-state index contributed by atoms with van der Waals surface area (Å²) in [6.07, 6.45) is 3.12. The van der Waals surface area contributed by atoms with Gasteiger partial charge in [-0.1, -0.05) is 25.4 Å². The molecule has 0 radical (unpaired) electrons. The lowest BCUT2D eigenvalue weighted by Crippen LogP contribution is -2.41. The Morgan fingerprint density at radius 2 is 2.00 bits per heavy atom. The number of thiophene rings is 1. The summed E-state index contributed by atoms with van der Waals surface area (Å²) < 4.78 is 27.9. The van der Waals surface area contributed by atoms with Crippen molar-refractivity contribution in [3.8, 4) is 0 Å². The second kappa shape index (κ2) is 6.21. The molecule has 0 saturated carbocycles. The quantitative estimate of drug-likeness (QED) is 0.876. The highest BCUT2D eigenvalue weighted by Crippen LogP contribution is 2.25. The van der Waals surface area contributed by atoms with Crippen molar-refractivity contribution in [3.05, 3.63) is 28.9 Å². The Morgan fingerprint density at radius 1 is 1.35 bits per heavy atom. The Hall–Kier alpha value is -0.960. The predicted octanol–water partition coefficient (Wildman–Crippen LogP) is 2.00. The fourth-order valence-corrected chi connectivity index (χ4v) is 4.47. The first-order valence-corrected chi connectivity index (χ1v) is 8.68. The van der Waals surface area contributed by atoms with E-state index in [0.29, 0.717) is 10.9 Å². The smallest absolute Gasteiger partial charge is 0.206 e. The molecule has 0 aliphatic heterocycles. The average Bonchev–Trinajstić information content (AvgIpc) is 2.99. The molecule has 0 fully saturated rings. The maximum atomic E-state index is 12.3. The highest BCUT2D eigenvalue weighted by Gasteiger charge is 2.24. The second-order valence-corrected chi connectivity index (χ2v) is 8.27. The molecule has 0 aliphatic rings. The van der Waals surface area contributed by atoms with Crippen LogP contribution in [0, 0.1) is 5.92 Å². The summed E-state index contributed by atoms with van der Waals surface area (Å²) >= 11 is 6.82. The van der Waals surface area contributed by atoms with Crippen LogP contribution in [-0.2, 0) is 16.6 Å². The van der Waals surface area contributed by atoms with E-state index in [1.807, 2.05) is 13.8 Å². The van der Waals surface area contributed by atoms with Crippen LogP contribution in [0.1, 0.15) is 13.8 Å². The molecule has 2 aromatic rings. The molecule has 2 aromatic heterocycles. The minimum absolute atomic E-state index is 0.103. The highest BCUT2D eigenvalue weighted by molar-refractivity contribution is 7.91. The van der Waals surface area contributed by atoms with Gasteiger partial charge in [-0.3, -0.25) is 0 Å². The Balaban J connectivity index is 2.15. The Morgan fingerprint density at radius 3 is 2.50 bits per heavy atom. The first-order chi connectivity index (χ1) is 9.38. The van der Waals surface area contributed by atoms with Gasteiger partial charge in [0, 0.05) is 6.04 Å². The number of nitrogens with zero attached hydrogens (tertiary/aromatic N) is 3. The molecule has 9 heteroatoms. The summed E-state index contributed by atoms with van der Waals surface area (Å²) in [5.74, 6) is 0.103. The second-order valence-electron chi connectivity index (χ2n) is 4.61. The third kappa shape index (κ3) is 3.78. The van der Waals surface area contributed by atoms with Crippen molar-refractivity contribution in [2.24, 2.45) is 5.92 Å². The zero-order valence-electron chi connectivity index (χ0n) is 11.0. The standard InChI is InChI=1S/C11H15ClN4O2S2/c1-8(2)9(7-16-13-5-6-14-16)15-20(17,18)11-4-3-10(12)19-11/h3-6,8-9,15H,7H2,1-2H3. The van der Waals surface area contributed by atoms with Gasteiger partial charge in [0.1, 0.15) is 4.21 Å². The van der Waals surface area contributed by atoms with E-state index in [2.05, 4.69) is 14.9 Å². The molecule has 0 aliphatic carbocycles. The molecule has 0 saturated heterocycles. The summed E-state index contributed by atoms with van der Waals surface area (Å²) in [5, 5.41) is 8.00. The third-order valence-corrected chi connectivity index (χ3v) is 5.96. The van der Waals surface area contributed by atoms with Crippen molar-refractivity contribution >= 4 is 33.0 Å². The van der Waals surface area contributed by atoms with Crippen molar-refractivity contribution in [1.29, 1.82) is 0 Å². The molecule has 2 rings (SSSR count). The van der Waals surface area contributed by atoms with Crippen LogP contribution in [-0.4, -0.2) is 29.5 Å². The minimum Gasteiger partial charge on any atom is -0.206 e. The molecule has 110 valence electrons. The molecule has 0 spiro atoms. The van der Waals surface area contributed by atoms with E-state index in [4.69, 9.17) is 11.6 Å². The molecule has 0 aromatic carbocycles. The number of halogens is 1. The maximum Gasteiger partial charge on any atom is 0.250 e. The molecule has 20 heavy (non-hydrogen) atoms. The van der Waals surface area contributed by atoms with Gasteiger partial charge in [-0.25, -0.2) is 13.1 Å². The van der Waals surface area contributed by atoms with E-state index in [0.717, 1.165) is 11.3 Å². The van der Waals surface area contributed by atoms with Gasteiger partial charge in [0.05, 0.1) is 23.3 Å². The van der Waals surface area contributed by atoms with E-state index in [9.17, 15) is 8.42 Å². The van der Waals surface area contributed by atoms with Crippen LogP contribution in [0.3, 0.4) is 0 Å². The first kappa shape index (κ1) is 15.4. The largest absolute Gasteiger partial charge is 0.250 e. The normalized spacial score (nSPS) is 13.8. The lowest BCUT2D eigenvalue weighted by molar-refractivity contribution is 0.361. The number of hydrogen-bond donors (Lipinski definition) is 1.